The highest BCUT2D eigenvalue weighted by Crippen LogP contribution is 2.27. The molecule has 2 rings (SSSR count). The molecule has 0 heterocycles. The molecule has 2 aromatic rings. The van der Waals surface area contributed by atoms with Gasteiger partial charge in [0.25, 0.3) is 0 Å². The van der Waals surface area contributed by atoms with E-state index < -0.39 is 23.1 Å². The van der Waals surface area contributed by atoms with Crippen molar-refractivity contribution in [2.45, 2.75) is 0 Å². The number of halogens is 3. The van der Waals surface area contributed by atoms with Gasteiger partial charge < -0.3 is 5.32 Å². The molecule has 1 N–H and O–H groups in total. The summed E-state index contributed by atoms with van der Waals surface area (Å²) in [6.45, 7) is 0. The Kier molecular flexibility index (Phi) is 3.76. The Morgan fingerprint density at radius 3 is 2.45 bits per heavy atom. The fraction of sp³-hybridized carbons (Fsp3) is 0. The number of carbonyl (C=O) groups is 1. The lowest BCUT2D eigenvalue weighted by Gasteiger charge is -2.11. The van der Waals surface area contributed by atoms with Gasteiger partial charge in [0.15, 0.2) is 17.9 Å². The van der Waals surface area contributed by atoms with E-state index >= 15 is 0 Å². The van der Waals surface area contributed by atoms with Gasteiger partial charge in [-0.25, -0.2) is 13.2 Å². The molecule has 0 unspecified atom stereocenters. The Morgan fingerprint density at radius 1 is 1.10 bits per heavy atom. The van der Waals surface area contributed by atoms with Crippen LogP contribution < -0.4 is 5.32 Å². The van der Waals surface area contributed by atoms with Crippen molar-refractivity contribution >= 4 is 17.7 Å². The number of carbonyl (C=O) groups excluding carboxylic acids is 1. The lowest BCUT2D eigenvalue weighted by Crippen LogP contribution is -2.02. The van der Waals surface area contributed by atoms with Crippen LogP contribution in [0, 0.1) is 29.8 Å². The Hall–Kier alpha value is -2.74. The molecule has 0 radical (unpaired) electrons. The van der Waals surface area contributed by atoms with Crippen molar-refractivity contribution in [3.63, 3.8) is 0 Å². The molecule has 20 heavy (non-hydrogen) atoms. The SMILES string of the molecule is C#Cc1ccc(Nc2c(C=O)ccc(F)c2F)c(F)c1. The number of benzene rings is 2. The first-order valence-corrected chi connectivity index (χ1v) is 5.53. The third-order valence-corrected chi connectivity index (χ3v) is 2.65. The van der Waals surface area contributed by atoms with Crippen LogP contribution in [0.1, 0.15) is 15.9 Å². The molecule has 0 amide bonds. The standard InChI is InChI=1S/C15H8F3NO/c1-2-9-3-6-13(12(17)7-9)19-15-10(8-20)4-5-11(16)14(15)18/h1,3-8,19H. The highest BCUT2D eigenvalue weighted by atomic mass is 19.2. The Labute approximate surface area is 113 Å². The molecule has 2 aromatic carbocycles. The number of aldehydes is 1. The average Bonchev–Trinajstić information content (AvgIpc) is 2.45. The van der Waals surface area contributed by atoms with E-state index in [1.807, 2.05) is 0 Å². The normalized spacial score (nSPS) is 9.90. The van der Waals surface area contributed by atoms with Gasteiger partial charge in [0.1, 0.15) is 5.82 Å². The zero-order valence-corrected chi connectivity index (χ0v) is 10.1. The van der Waals surface area contributed by atoms with Crippen LogP contribution in [0.4, 0.5) is 24.5 Å². The number of nitrogens with one attached hydrogen (secondary N) is 1. The van der Waals surface area contributed by atoms with Gasteiger partial charge in [0.2, 0.25) is 0 Å². The number of terminal acetylenes is 1. The maximum absolute atomic E-state index is 13.7. The highest BCUT2D eigenvalue weighted by molar-refractivity contribution is 5.86. The molecule has 100 valence electrons. The zero-order valence-electron chi connectivity index (χ0n) is 10.1. The lowest BCUT2D eigenvalue weighted by molar-refractivity contribution is 0.112. The first kappa shape index (κ1) is 13.7. The quantitative estimate of drug-likeness (QED) is 0.684. The van der Waals surface area contributed by atoms with Gasteiger partial charge in [-0.15, -0.1) is 6.42 Å². The summed E-state index contributed by atoms with van der Waals surface area (Å²) in [4.78, 5) is 10.8. The predicted molar refractivity (Wildman–Crippen MR) is 69.4 cm³/mol. The second kappa shape index (κ2) is 5.49. The van der Waals surface area contributed by atoms with Crippen LogP contribution in [-0.4, -0.2) is 6.29 Å². The molecular formula is C15H8F3NO. The minimum atomic E-state index is -1.25. The fourth-order valence-electron chi connectivity index (χ4n) is 1.63. The lowest BCUT2D eigenvalue weighted by atomic mass is 10.1. The van der Waals surface area contributed by atoms with E-state index in [9.17, 15) is 18.0 Å². The summed E-state index contributed by atoms with van der Waals surface area (Å²) in [6.07, 6.45) is 5.46. The summed E-state index contributed by atoms with van der Waals surface area (Å²) >= 11 is 0. The number of rotatable bonds is 3. The van der Waals surface area contributed by atoms with Crippen molar-refractivity contribution in [3.8, 4) is 12.3 Å². The van der Waals surface area contributed by atoms with Crippen LogP contribution >= 0.6 is 0 Å². The number of hydrogen-bond acceptors (Lipinski definition) is 2. The second-order valence-electron chi connectivity index (χ2n) is 3.91. The molecule has 0 spiro atoms. The van der Waals surface area contributed by atoms with E-state index in [-0.39, 0.29) is 11.3 Å². The molecular weight excluding hydrogens is 267 g/mol. The van der Waals surface area contributed by atoms with Gasteiger partial charge in [-0.1, -0.05) is 5.92 Å². The molecule has 2 nitrogen and oxygen atoms in total. The van der Waals surface area contributed by atoms with Crippen LogP contribution in [0.3, 0.4) is 0 Å². The van der Waals surface area contributed by atoms with Crippen molar-refractivity contribution in [1.82, 2.24) is 0 Å². The van der Waals surface area contributed by atoms with Crippen molar-refractivity contribution in [3.05, 3.63) is 58.9 Å². The molecule has 0 aliphatic carbocycles. The molecule has 5 heteroatoms. The molecule has 0 bridgehead atoms. The Bertz CT molecular complexity index is 720. The van der Waals surface area contributed by atoms with Gasteiger partial charge in [0.05, 0.1) is 11.4 Å². The van der Waals surface area contributed by atoms with Gasteiger partial charge in [-0.05, 0) is 30.3 Å². The van der Waals surface area contributed by atoms with Crippen molar-refractivity contribution in [2.75, 3.05) is 5.32 Å². The minimum absolute atomic E-state index is 0.114. The van der Waals surface area contributed by atoms with Crippen LogP contribution in [0.2, 0.25) is 0 Å². The van der Waals surface area contributed by atoms with Crippen molar-refractivity contribution in [1.29, 1.82) is 0 Å². The van der Waals surface area contributed by atoms with Gasteiger partial charge in [-0.3, -0.25) is 4.79 Å². The summed E-state index contributed by atoms with van der Waals surface area (Å²) in [7, 11) is 0. The maximum atomic E-state index is 13.7. The van der Waals surface area contributed by atoms with E-state index in [0.717, 1.165) is 18.2 Å². The first-order chi connectivity index (χ1) is 9.56. The summed E-state index contributed by atoms with van der Waals surface area (Å²) in [6, 6.07) is 5.70. The van der Waals surface area contributed by atoms with E-state index in [1.54, 1.807) is 0 Å². The summed E-state index contributed by atoms with van der Waals surface area (Å²) in [5, 5.41) is 2.36. The molecule has 0 aliphatic heterocycles. The van der Waals surface area contributed by atoms with Gasteiger partial charge >= 0.3 is 0 Å². The smallest absolute Gasteiger partial charge is 0.182 e. The van der Waals surface area contributed by atoms with Crippen molar-refractivity contribution in [2.24, 2.45) is 0 Å². The summed E-state index contributed by atoms with van der Waals surface area (Å²) in [5.74, 6) is -0.886. The Morgan fingerprint density at radius 2 is 1.85 bits per heavy atom. The molecule has 0 atom stereocenters. The molecule has 0 saturated heterocycles. The van der Waals surface area contributed by atoms with Crippen molar-refractivity contribution < 1.29 is 18.0 Å². The fourth-order valence-corrected chi connectivity index (χ4v) is 1.63. The van der Waals surface area contributed by atoms with Gasteiger partial charge in [-0.2, -0.15) is 0 Å². The van der Waals surface area contributed by atoms with E-state index in [0.29, 0.717) is 11.8 Å². The summed E-state index contributed by atoms with van der Waals surface area (Å²) in [5.41, 5.74) is -0.350. The Balaban J connectivity index is 2.47. The predicted octanol–water partition coefficient (Wildman–Crippen LogP) is 3.64. The minimum Gasteiger partial charge on any atom is -0.350 e. The van der Waals surface area contributed by atoms with Crippen LogP contribution in [0.25, 0.3) is 0 Å². The largest absolute Gasteiger partial charge is 0.350 e. The van der Waals surface area contributed by atoms with E-state index in [2.05, 4.69) is 11.2 Å². The monoisotopic (exact) mass is 275 g/mol. The molecule has 0 saturated carbocycles. The van der Waals surface area contributed by atoms with E-state index in [4.69, 9.17) is 6.42 Å². The van der Waals surface area contributed by atoms with Crippen LogP contribution in [-0.2, 0) is 0 Å². The topological polar surface area (TPSA) is 29.1 Å². The third kappa shape index (κ3) is 2.50. The second-order valence-corrected chi connectivity index (χ2v) is 3.91. The number of anilines is 2. The highest BCUT2D eigenvalue weighted by Gasteiger charge is 2.15. The summed E-state index contributed by atoms with van der Waals surface area (Å²) < 4.78 is 40.6. The molecule has 0 aromatic heterocycles. The zero-order chi connectivity index (χ0) is 14.7. The van der Waals surface area contributed by atoms with Crippen LogP contribution in [0.5, 0.6) is 0 Å². The molecule has 0 fully saturated rings. The van der Waals surface area contributed by atoms with Crippen LogP contribution in [0.15, 0.2) is 30.3 Å². The third-order valence-electron chi connectivity index (χ3n) is 2.65. The van der Waals surface area contributed by atoms with E-state index in [1.165, 1.54) is 12.1 Å². The molecule has 0 aliphatic rings. The average molecular weight is 275 g/mol. The first-order valence-electron chi connectivity index (χ1n) is 5.53. The maximum Gasteiger partial charge on any atom is 0.182 e. The van der Waals surface area contributed by atoms with Gasteiger partial charge in [0, 0.05) is 11.1 Å². The number of hydrogen-bond donors (Lipinski definition) is 1.